The summed E-state index contributed by atoms with van der Waals surface area (Å²) in [4.78, 5) is 8.55. The van der Waals surface area contributed by atoms with E-state index in [9.17, 15) is 8.42 Å². The Labute approximate surface area is 187 Å². The number of fused-ring (bicyclic) bond motifs is 1. The van der Waals surface area contributed by atoms with Crippen molar-refractivity contribution in [2.24, 2.45) is 0 Å². The van der Waals surface area contributed by atoms with Gasteiger partial charge in [0.25, 0.3) is 10.0 Å². The number of thiazole rings is 1. The zero-order valence-corrected chi connectivity index (χ0v) is 19.1. The van der Waals surface area contributed by atoms with Gasteiger partial charge in [-0.15, -0.1) is 0 Å². The molecule has 31 heavy (non-hydrogen) atoms. The highest BCUT2D eigenvalue weighted by atomic mass is 32.2. The standard InChI is InChI=1S/C23H25N3O3S2/c1-17-22(30-23(24-17)25-12-14-29-15-13-25)19-9-10-21-18(16-19)6-5-11-26(21)31(27,28)20-7-3-2-4-8-20/h2-4,7-10,16H,5-6,11-15H2,1H3. The number of hydrogen-bond acceptors (Lipinski definition) is 6. The van der Waals surface area contributed by atoms with Crippen LogP contribution in [-0.4, -0.2) is 46.2 Å². The van der Waals surface area contributed by atoms with E-state index in [-0.39, 0.29) is 0 Å². The molecule has 3 aromatic rings. The third-order valence-corrected chi connectivity index (χ3v) is 8.91. The smallest absolute Gasteiger partial charge is 0.264 e. The highest BCUT2D eigenvalue weighted by molar-refractivity contribution is 7.92. The Morgan fingerprint density at radius 2 is 1.81 bits per heavy atom. The first-order valence-corrected chi connectivity index (χ1v) is 12.8. The maximum atomic E-state index is 13.2. The summed E-state index contributed by atoms with van der Waals surface area (Å²) >= 11 is 1.70. The van der Waals surface area contributed by atoms with E-state index in [1.54, 1.807) is 39.9 Å². The van der Waals surface area contributed by atoms with Gasteiger partial charge >= 0.3 is 0 Å². The topological polar surface area (TPSA) is 62.7 Å². The van der Waals surface area contributed by atoms with Crippen molar-refractivity contribution < 1.29 is 13.2 Å². The van der Waals surface area contributed by atoms with E-state index in [4.69, 9.17) is 9.72 Å². The summed E-state index contributed by atoms with van der Waals surface area (Å²) in [6, 6.07) is 14.8. The van der Waals surface area contributed by atoms with Crippen LogP contribution in [0.2, 0.25) is 0 Å². The van der Waals surface area contributed by atoms with Gasteiger partial charge in [-0.05, 0) is 55.2 Å². The number of rotatable bonds is 4. The lowest BCUT2D eigenvalue weighted by atomic mass is 10.00. The molecule has 0 bridgehead atoms. The Morgan fingerprint density at radius 3 is 2.58 bits per heavy atom. The molecule has 5 rings (SSSR count). The first-order chi connectivity index (χ1) is 15.0. The minimum atomic E-state index is -3.57. The molecule has 8 heteroatoms. The second-order valence-corrected chi connectivity index (χ2v) is 10.7. The van der Waals surface area contributed by atoms with Crippen molar-refractivity contribution in [2.45, 2.75) is 24.7 Å². The minimum absolute atomic E-state index is 0.334. The van der Waals surface area contributed by atoms with Crippen molar-refractivity contribution in [3.8, 4) is 10.4 Å². The van der Waals surface area contributed by atoms with Crippen LogP contribution in [0.5, 0.6) is 0 Å². The number of anilines is 2. The first kappa shape index (κ1) is 20.5. The summed E-state index contributed by atoms with van der Waals surface area (Å²) in [5.74, 6) is 0. The number of aryl methyl sites for hydroxylation is 2. The Balaban J connectivity index is 1.48. The van der Waals surface area contributed by atoms with E-state index in [1.807, 2.05) is 25.1 Å². The zero-order valence-electron chi connectivity index (χ0n) is 17.5. The molecular weight excluding hydrogens is 430 g/mol. The van der Waals surface area contributed by atoms with Crippen molar-refractivity contribution in [3.63, 3.8) is 0 Å². The molecule has 2 aliphatic rings. The average Bonchev–Trinajstić information content (AvgIpc) is 3.21. The fraction of sp³-hybridized carbons (Fsp3) is 0.348. The van der Waals surface area contributed by atoms with Crippen molar-refractivity contribution in [2.75, 3.05) is 42.1 Å². The van der Waals surface area contributed by atoms with E-state index in [1.165, 1.54) is 0 Å². The van der Waals surface area contributed by atoms with Gasteiger partial charge in [-0.1, -0.05) is 35.6 Å². The summed E-state index contributed by atoms with van der Waals surface area (Å²) in [5.41, 5.74) is 3.97. The number of aromatic nitrogens is 1. The van der Waals surface area contributed by atoms with Crippen LogP contribution in [0.25, 0.3) is 10.4 Å². The summed E-state index contributed by atoms with van der Waals surface area (Å²) in [5, 5.41) is 1.03. The van der Waals surface area contributed by atoms with Crippen LogP contribution in [0.4, 0.5) is 10.8 Å². The summed E-state index contributed by atoms with van der Waals surface area (Å²) in [6.07, 6.45) is 1.68. The van der Waals surface area contributed by atoms with Crippen LogP contribution in [0.3, 0.4) is 0 Å². The maximum Gasteiger partial charge on any atom is 0.264 e. The third kappa shape index (κ3) is 3.84. The highest BCUT2D eigenvalue weighted by Crippen LogP contribution is 2.39. The molecule has 0 aliphatic carbocycles. The summed E-state index contributed by atoms with van der Waals surface area (Å²) in [7, 11) is -3.57. The predicted molar refractivity (Wildman–Crippen MR) is 125 cm³/mol. The van der Waals surface area contributed by atoms with Gasteiger partial charge < -0.3 is 9.64 Å². The van der Waals surface area contributed by atoms with Crippen LogP contribution in [0.15, 0.2) is 53.4 Å². The molecule has 2 aliphatic heterocycles. The normalized spacial score (nSPS) is 16.9. The summed E-state index contributed by atoms with van der Waals surface area (Å²) < 4.78 is 33.5. The van der Waals surface area contributed by atoms with Crippen LogP contribution in [0, 0.1) is 6.92 Å². The number of nitrogens with zero attached hydrogens (tertiary/aromatic N) is 3. The van der Waals surface area contributed by atoms with E-state index in [0.29, 0.717) is 11.4 Å². The van der Waals surface area contributed by atoms with Gasteiger partial charge in [-0.3, -0.25) is 4.31 Å². The van der Waals surface area contributed by atoms with Gasteiger partial charge in [0.1, 0.15) is 0 Å². The minimum Gasteiger partial charge on any atom is -0.378 e. The molecule has 162 valence electrons. The number of morpholine rings is 1. The molecule has 0 atom stereocenters. The molecule has 0 unspecified atom stereocenters. The van der Waals surface area contributed by atoms with Crippen molar-refractivity contribution in [1.29, 1.82) is 0 Å². The van der Waals surface area contributed by atoms with Gasteiger partial charge in [-0.25, -0.2) is 13.4 Å². The van der Waals surface area contributed by atoms with E-state index in [2.05, 4.69) is 11.0 Å². The summed E-state index contributed by atoms with van der Waals surface area (Å²) in [6.45, 7) is 5.74. The molecule has 0 spiro atoms. The fourth-order valence-electron chi connectivity index (χ4n) is 4.21. The fourth-order valence-corrected chi connectivity index (χ4v) is 6.89. The second kappa shape index (κ2) is 8.26. The molecule has 0 amide bonds. The molecule has 1 saturated heterocycles. The van der Waals surface area contributed by atoms with Crippen LogP contribution >= 0.6 is 11.3 Å². The quantitative estimate of drug-likeness (QED) is 0.593. The van der Waals surface area contributed by atoms with Crippen molar-refractivity contribution in [1.82, 2.24) is 4.98 Å². The van der Waals surface area contributed by atoms with Gasteiger partial charge in [0, 0.05) is 19.6 Å². The molecule has 1 fully saturated rings. The molecule has 2 aromatic carbocycles. The Hall–Kier alpha value is -2.42. The SMILES string of the molecule is Cc1nc(N2CCOCC2)sc1-c1ccc2c(c1)CCCN2S(=O)(=O)c1ccccc1. The number of benzene rings is 2. The number of hydrogen-bond donors (Lipinski definition) is 0. The molecule has 6 nitrogen and oxygen atoms in total. The maximum absolute atomic E-state index is 13.2. The van der Waals surface area contributed by atoms with Crippen LogP contribution < -0.4 is 9.21 Å². The largest absolute Gasteiger partial charge is 0.378 e. The predicted octanol–water partition coefficient (Wildman–Crippen LogP) is 4.10. The lowest BCUT2D eigenvalue weighted by Gasteiger charge is -2.30. The van der Waals surface area contributed by atoms with Gasteiger partial charge in [0.05, 0.1) is 34.4 Å². The Kier molecular flexibility index (Phi) is 5.45. The molecule has 3 heterocycles. The van der Waals surface area contributed by atoms with Gasteiger partial charge in [-0.2, -0.15) is 0 Å². The van der Waals surface area contributed by atoms with E-state index >= 15 is 0 Å². The molecule has 0 N–H and O–H groups in total. The lowest BCUT2D eigenvalue weighted by molar-refractivity contribution is 0.122. The van der Waals surface area contributed by atoms with Gasteiger partial charge in [0.2, 0.25) is 0 Å². The number of ether oxygens (including phenoxy) is 1. The zero-order chi connectivity index (χ0) is 21.4. The van der Waals surface area contributed by atoms with Crippen molar-refractivity contribution in [3.05, 3.63) is 59.8 Å². The van der Waals surface area contributed by atoms with Crippen molar-refractivity contribution >= 4 is 32.2 Å². The highest BCUT2D eigenvalue weighted by Gasteiger charge is 2.29. The van der Waals surface area contributed by atoms with E-state index < -0.39 is 10.0 Å². The second-order valence-electron chi connectivity index (χ2n) is 7.85. The van der Waals surface area contributed by atoms with E-state index in [0.717, 1.165) is 71.7 Å². The first-order valence-electron chi connectivity index (χ1n) is 10.6. The molecular formula is C23H25N3O3S2. The third-order valence-electron chi connectivity index (χ3n) is 5.82. The molecule has 0 saturated carbocycles. The van der Waals surface area contributed by atoms with Gasteiger partial charge in [0.15, 0.2) is 5.13 Å². The molecule has 0 radical (unpaired) electrons. The average molecular weight is 456 g/mol. The number of sulfonamides is 1. The monoisotopic (exact) mass is 455 g/mol. The van der Waals surface area contributed by atoms with Crippen LogP contribution in [-0.2, 0) is 21.2 Å². The lowest BCUT2D eigenvalue weighted by Crippen LogP contribution is -2.36. The molecule has 1 aromatic heterocycles. The Bertz CT molecular complexity index is 1190. The Morgan fingerprint density at radius 1 is 1.03 bits per heavy atom. The van der Waals surface area contributed by atoms with Crippen LogP contribution in [0.1, 0.15) is 17.7 Å².